The minimum Gasteiger partial charge on any atom is -0.488 e. The summed E-state index contributed by atoms with van der Waals surface area (Å²) in [5, 5.41) is 4.29. The van der Waals surface area contributed by atoms with Crippen LogP contribution in [0.3, 0.4) is 0 Å². The summed E-state index contributed by atoms with van der Waals surface area (Å²) < 4.78 is 16.7. The molecule has 1 atom stereocenters. The van der Waals surface area contributed by atoms with Gasteiger partial charge in [-0.2, -0.15) is 0 Å². The van der Waals surface area contributed by atoms with Gasteiger partial charge in [0.05, 0.1) is 6.61 Å². The minimum absolute atomic E-state index is 0.196. The van der Waals surface area contributed by atoms with Crippen molar-refractivity contribution in [1.29, 1.82) is 0 Å². The number of thioether (sulfide) groups is 1. The molecule has 4 nitrogen and oxygen atoms in total. The van der Waals surface area contributed by atoms with E-state index in [0.717, 1.165) is 39.1 Å². The topological polar surface area (TPSA) is 44.8 Å². The zero-order valence-corrected chi connectivity index (χ0v) is 17.0. The van der Waals surface area contributed by atoms with E-state index in [-0.39, 0.29) is 13.2 Å². The van der Waals surface area contributed by atoms with E-state index < -0.39 is 12.1 Å². The van der Waals surface area contributed by atoms with E-state index in [1.807, 2.05) is 18.2 Å². The highest BCUT2D eigenvalue weighted by molar-refractivity contribution is 7.99. The molecule has 0 heterocycles. The quantitative estimate of drug-likeness (QED) is 0.214. The molecule has 5 heteroatoms. The number of methoxy groups -OCH3 is 1. The summed E-state index contributed by atoms with van der Waals surface area (Å²) in [7, 11) is 1.57. The number of rotatable bonds is 9. The predicted octanol–water partition coefficient (Wildman–Crippen LogP) is 5.23. The maximum atomic E-state index is 11.6. The van der Waals surface area contributed by atoms with Crippen LogP contribution in [-0.4, -0.2) is 38.1 Å². The maximum absolute atomic E-state index is 11.6. The molecule has 0 aliphatic carbocycles. The molecule has 0 bridgehead atoms. The molecule has 0 aromatic heterocycles. The summed E-state index contributed by atoms with van der Waals surface area (Å²) >= 11 is 1.79. The van der Waals surface area contributed by atoms with Crippen molar-refractivity contribution in [3.05, 3.63) is 61.2 Å². The van der Waals surface area contributed by atoms with E-state index >= 15 is 0 Å². The highest BCUT2D eigenvalue weighted by atomic mass is 32.2. The van der Waals surface area contributed by atoms with Gasteiger partial charge in [0, 0.05) is 28.9 Å². The van der Waals surface area contributed by atoms with Crippen molar-refractivity contribution >= 4 is 39.3 Å². The van der Waals surface area contributed by atoms with Gasteiger partial charge < -0.3 is 14.2 Å². The van der Waals surface area contributed by atoms with E-state index in [0.29, 0.717) is 0 Å². The molecule has 0 aliphatic rings. The number of hydrogen-bond donors (Lipinski definition) is 0. The Morgan fingerprint density at radius 1 is 1.11 bits per heavy atom. The van der Waals surface area contributed by atoms with Crippen molar-refractivity contribution in [1.82, 2.24) is 0 Å². The van der Waals surface area contributed by atoms with Gasteiger partial charge >= 0.3 is 5.97 Å². The van der Waals surface area contributed by atoms with Crippen LogP contribution < -0.4 is 4.74 Å². The molecule has 28 heavy (non-hydrogen) atoms. The summed E-state index contributed by atoms with van der Waals surface area (Å²) in [6.45, 7) is 6.02. The monoisotopic (exact) mass is 396 g/mol. The van der Waals surface area contributed by atoms with Crippen molar-refractivity contribution in [2.24, 2.45) is 0 Å². The fourth-order valence-electron chi connectivity index (χ4n) is 3.10. The first kappa shape index (κ1) is 20.2. The summed E-state index contributed by atoms with van der Waals surface area (Å²) in [5.74, 6) is 1.31. The molecule has 0 N–H and O–H groups in total. The van der Waals surface area contributed by atoms with Gasteiger partial charge in [0.1, 0.15) is 12.4 Å². The number of carbonyl (C=O) groups excluding carboxylic acids is 1. The standard InChI is InChI=1S/C23H24O4S/c1-4-22(24)27-18(14-25-3)15-26-23-20-9-7-6-8-16(20)12-17-10-11-19(28-5-2)13-21(17)23/h4,6-13,18H,1,5,14-15H2,2-3H3. The number of fused-ring (bicyclic) bond motifs is 2. The zero-order chi connectivity index (χ0) is 19.9. The van der Waals surface area contributed by atoms with Crippen molar-refractivity contribution in [2.45, 2.75) is 17.9 Å². The first-order chi connectivity index (χ1) is 13.7. The number of ether oxygens (including phenoxy) is 3. The molecule has 0 fully saturated rings. The van der Waals surface area contributed by atoms with Crippen LogP contribution in [0.15, 0.2) is 66.1 Å². The van der Waals surface area contributed by atoms with Crippen molar-refractivity contribution < 1.29 is 19.0 Å². The summed E-state index contributed by atoms with van der Waals surface area (Å²) in [6, 6.07) is 16.7. The average Bonchev–Trinajstić information content (AvgIpc) is 2.71. The molecule has 0 spiro atoms. The van der Waals surface area contributed by atoms with Crippen LogP contribution in [0, 0.1) is 0 Å². The maximum Gasteiger partial charge on any atom is 0.330 e. The zero-order valence-electron chi connectivity index (χ0n) is 16.1. The Hall–Kier alpha value is -2.50. The van der Waals surface area contributed by atoms with Crippen LogP contribution in [0.5, 0.6) is 5.75 Å². The van der Waals surface area contributed by atoms with Gasteiger partial charge in [0.2, 0.25) is 0 Å². The van der Waals surface area contributed by atoms with Gasteiger partial charge in [-0.3, -0.25) is 0 Å². The largest absolute Gasteiger partial charge is 0.488 e. The van der Waals surface area contributed by atoms with Crippen LogP contribution in [-0.2, 0) is 14.3 Å². The lowest BCUT2D eigenvalue weighted by molar-refractivity contribution is -0.147. The van der Waals surface area contributed by atoms with E-state index in [9.17, 15) is 4.79 Å². The molecule has 0 saturated carbocycles. The van der Waals surface area contributed by atoms with Gasteiger partial charge in [0.15, 0.2) is 6.10 Å². The average molecular weight is 397 g/mol. The van der Waals surface area contributed by atoms with Crippen molar-refractivity contribution in [2.75, 3.05) is 26.1 Å². The fraction of sp³-hybridized carbons (Fsp3) is 0.261. The van der Waals surface area contributed by atoms with Crippen molar-refractivity contribution in [3.63, 3.8) is 0 Å². The molecule has 0 radical (unpaired) electrons. The second-order valence-corrected chi connectivity index (χ2v) is 7.61. The van der Waals surface area contributed by atoms with Gasteiger partial charge in [-0.25, -0.2) is 4.79 Å². The number of benzene rings is 3. The lowest BCUT2D eigenvalue weighted by Gasteiger charge is -2.19. The highest BCUT2D eigenvalue weighted by Crippen LogP contribution is 2.37. The first-order valence-corrected chi connectivity index (χ1v) is 10.2. The molecule has 0 amide bonds. The van der Waals surface area contributed by atoms with E-state index in [1.165, 1.54) is 4.90 Å². The van der Waals surface area contributed by atoms with Crippen LogP contribution in [0.1, 0.15) is 6.92 Å². The number of esters is 1. The summed E-state index contributed by atoms with van der Waals surface area (Å²) in [4.78, 5) is 12.8. The molecule has 146 valence electrons. The van der Waals surface area contributed by atoms with Gasteiger partial charge in [-0.15, -0.1) is 11.8 Å². The Morgan fingerprint density at radius 3 is 2.64 bits per heavy atom. The smallest absolute Gasteiger partial charge is 0.330 e. The predicted molar refractivity (Wildman–Crippen MR) is 115 cm³/mol. The van der Waals surface area contributed by atoms with E-state index in [1.54, 1.807) is 18.9 Å². The lowest BCUT2D eigenvalue weighted by atomic mass is 10.0. The van der Waals surface area contributed by atoms with Crippen LogP contribution in [0.2, 0.25) is 0 Å². The van der Waals surface area contributed by atoms with E-state index in [4.69, 9.17) is 14.2 Å². The molecule has 3 aromatic rings. The summed E-state index contributed by atoms with van der Waals surface area (Å²) in [5.41, 5.74) is 0. The molecule has 1 unspecified atom stereocenters. The van der Waals surface area contributed by atoms with Gasteiger partial charge in [-0.1, -0.05) is 43.8 Å². The third-order valence-corrected chi connectivity index (χ3v) is 5.19. The van der Waals surface area contributed by atoms with Gasteiger partial charge in [0.25, 0.3) is 0 Å². The van der Waals surface area contributed by atoms with Gasteiger partial charge in [-0.05, 0) is 34.7 Å². The third-order valence-electron chi connectivity index (χ3n) is 4.31. The Kier molecular flexibility index (Phi) is 6.95. The second kappa shape index (κ2) is 9.62. The highest BCUT2D eigenvalue weighted by Gasteiger charge is 2.16. The normalized spacial score (nSPS) is 12.1. The molecular formula is C23H24O4S. The SMILES string of the molecule is C=CC(=O)OC(COC)COc1c2ccccc2cc2ccc(SCC)cc12. The Labute approximate surface area is 169 Å². The molecule has 3 rings (SSSR count). The van der Waals surface area contributed by atoms with Crippen LogP contribution >= 0.6 is 11.8 Å². The lowest BCUT2D eigenvalue weighted by Crippen LogP contribution is -2.28. The molecular weight excluding hydrogens is 372 g/mol. The number of hydrogen-bond acceptors (Lipinski definition) is 5. The fourth-order valence-corrected chi connectivity index (χ4v) is 3.80. The summed E-state index contributed by atoms with van der Waals surface area (Å²) in [6.07, 6.45) is 0.627. The molecule has 0 aliphatic heterocycles. The van der Waals surface area contributed by atoms with Crippen molar-refractivity contribution in [3.8, 4) is 5.75 Å². The van der Waals surface area contributed by atoms with Crippen LogP contribution in [0.25, 0.3) is 21.5 Å². The Morgan fingerprint density at radius 2 is 1.89 bits per heavy atom. The Bertz CT molecular complexity index is 983. The molecule has 3 aromatic carbocycles. The molecule has 0 saturated heterocycles. The van der Waals surface area contributed by atoms with E-state index in [2.05, 4.69) is 43.8 Å². The number of carbonyl (C=O) groups is 1. The minimum atomic E-state index is -0.516. The first-order valence-electron chi connectivity index (χ1n) is 9.19. The Balaban J connectivity index is 2.01. The van der Waals surface area contributed by atoms with Crippen LogP contribution in [0.4, 0.5) is 0 Å². The second-order valence-electron chi connectivity index (χ2n) is 6.27. The third kappa shape index (κ3) is 4.66.